The minimum atomic E-state index is -0.909. The van der Waals surface area contributed by atoms with Crippen molar-refractivity contribution in [1.82, 2.24) is 0 Å². The number of fused-ring (bicyclic) bond motifs is 1. The number of epoxide rings is 2. The van der Waals surface area contributed by atoms with Gasteiger partial charge in [0.25, 0.3) is 0 Å². The molecule has 2 aliphatic heterocycles. The first kappa shape index (κ1) is 23.2. The number of esters is 1. The largest absolute Gasteiger partial charge is 0.462 e. The fourth-order valence-electron chi connectivity index (χ4n) is 6.59. The van der Waals surface area contributed by atoms with Crippen LogP contribution in [-0.2, 0) is 28.5 Å². The number of carbonyl (C=O) groups excluding carboxylic acids is 1. The molecule has 4 fully saturated rings. The zero-order valence-corrected chi connectivity index (χ0v) is 19.6. The third-order valence-electron chi connectivity index (χ3n) is 8.21. The summed E-state index contributed by atoms with van der Waals surface area (Å²) in [5.74, 6) is -0.347. The first-order chi connectivity index (χ1) is 14.5. The second kappa shape index (κ2) is 7.80. The quantitative estimate of drug-likeness (QED) is 0.224. The molecule has 2 saturated heterocycles. The smallest absolute Gasteiger partial charge is 0.302 e. The predicted molar refractivity (Wildman–Crippen MR) is 113 cm³/mol. The summed E-state index contributed by atoms with van der Waals surface area (Å²) in [6.45, 7) is 12.3. The SMILES string of the molecule is C=C1CC[C@@H]2O[C@]2(COCOC)C[C@@H]2O[C@@]23[C@H](C(C)(C)O)CC[C@@]3(C)[C@H](OC(C)=O)C1. The maximum Gasteiger partial charge on any atom is 0.302 e. The number of rotatable bonds is 6. The topological polar surface area (TPSA) is 90.1 Å². The van der Waals surface area contributed by atoms with Gasteiger partial charge in [-0.25, -0.2) is 0 Å². The summed E-state index contributed by atoms with van der Waals surface area (Å²) < 4.78 is 29.5. The van der Waals surface area contributed by atoms with E-state index in [0.29, 0.717) is 19.4 Å². The van der Waals surface area contributed by atoms with Crippen molar-refractivity contribution >= 4 is 5.97 Å². The van der Waals surface area contributed by atoms with Gasteiger partial charge < -0.3 is 28.8 Å². The fourth-order valence-corrected chi connectivity index (χ4v) is 6.59. The second-order valence-corrected chi connectivity index (χ2v) is 10.8. The molecule has 0 bridgehead atoms. The van der Waals surface area contributed by atoms with Gasteiger partial charge in [-0.3, -0.25) is 4.79 Å². The maximum absolute atomic E-state index is 12.0. The molecule has 0 aromatic carbocycles. The maximum atomic E-state index is 12.0. The number of carbonyl (C=O) groups is 1. The Labute approximate surface area is 185 Å². The van der Waals surface area contributed by atoms with E-state index in [1.807, 2.05) is 13.8 Å². The molecular formula is C24H38O7. The van der Waals surface area contributed by atoms with Gasteiger partial charge in [-0.1, -0.05) is 19.1 Å². The Morgan fingerprint density at radius 2 is 2.03 bits per heavy atom. The third kappa shape index (κ3) is 3.86. The molecule has 1 spiro atoms. The molecule has 4 aliphatic rings. The molecule has 2 heterocycles. The van der Waals surface area contributed by atoms with Crippen LogP contribution in [0.4, 0.5) is 0 Å². The van der Waals surface area contributed by atoms with E-state index in [1.54, 1.807) is 7.11 Å². The molecule has 2 saturated carbocycles. The molecular weight excluding hydrogens is 400 g/mol. The number of hydrogen-bond donors (Lipinski definition) is 1. The first-order valence-electron chi connectivity index (χ1n) is 11.5. The number of aliphatic hydroxyl groups is 1. The van der Waals surface area contributed by atoms with E-state index >= 15 is 0 Å². The van der Waals surface area contributed by atoms with Gasteiger partial charge in [0, 0.05) is 38.2 Å². The van der Waals surface area contributed by atoms with Crippen LogP contribution in [0.15, 0.2) is 12.2 Å². The van der Waals surface area contributed by atoms with Crippen LogP contribution in [0.2, 0.25) is 0 Å². The Bertz CT molecular complexity index is 730. The Kier molecular flexibility index (Phi) is 5.83. The lowest BCUT2D eigenvalue weighted by Crippen LogP contribution is -2.52. The van der Waals surface area contributed by atoms with Crippen molar-refractivity contribution in [3.8, 4) is 0 Å². The molecule has 7 nitrogen and oxygen atoms in total. The molecule has 7 heteroatoms. The van der Waals surface area contributed by atoms with Crippen LogP contribution >= 0.6 is 0 Å². The van der Waals surface area contributed by atoms with Crippen molar-refractivity contribution in [1.29, 1.82) is 0 Å². The molecule has 1 N–H and O–H groups in total. The van der Waals surface area contributed by atoms with Crippen molar-refractivity contribution < 1.29 is 33.6 Å². The summed E-state index contributed by atoms with van der Waals surface area (Å²) in [5.41, 5.74) is -1.24. The van der Waals surface area contributed by atoms with E-state index in [1.165, 1.54) is 6.92 Å². The average molecular weight is 439 g/mol. The lowest BCUT2D eigenvalue weighted by molar-refractivity contribution is -0.157. The predicted octanol–water partition coefficient (Wildman–Crippen LogP) is 3.13. The Morgan fingerprint density at radius 3 is 2.68 bits per heavy atom. The number of hydrogen-bond acceptors (Lipinski definition) is 7. The zero-order chi connectivity index (χ0) is 22.7. The van der Waals surface area contributed by atoms with Gasteiger partial charge in [0.1, 0.15) is 24.1 Å². The number of ether oxygens (including phenoxy) is 5. The molecule has 2 aliphatic carbocycles. The lowest BCUT2D eigenvalue weighted by Gasteiger charge is -2.41. The summed E-state index contributed by atoms with van der Waals surface area (Å²) in [4.78, 5) is 12.0. The molecule has 0 aromatic rings. The van der Waals surface area contributed by atoms with Gasteiger partial charge in [0.15, 0.2) is 0 Å². The highest BCUT2D eigenvalue weighted by molar-refractivity contribution is 5.66. The van der Waals surface area contributed by atoms with E-state index in [4.69, 9.17) is 23.7 Å². The van der Waals surface area contributed by atoms with Crippen LogP contribution in [-0.4, -0.2) is 66.7 Å². The minimum Gasteiger partial charge on any atom is -0.462 e. The van der Waals surface area contributed by atoms with Crippen molar-refractivity contribution in [3.05, 3.63) is 12.2 Å². The van der Waals surface area contributed by atoms with Crippen molar-refractivity contribution in [3.63, 3.8) is 0 Å². The normalized spacial score (nSPS) is 44.5. The fraction of sp³-hybridized carbons (Fsp3) is 0.875. The molecule has 7 atom stereocenters. The highest BCUT2D eigenvalue weighted by Gasteiger charge is 2.79. The van der Waals surface area contributed by atoms with Crippen LogP contribution in [0.5, 0.6) is 0 Å². The molecule has 0 amide bonds. The van der Waals surface area contributed by atoms with Crippen molar-refractivity contribution in [2.24, 2.45) is 11.3 Å². The minimum absolute atomic E-state index is 0.0591. The van der Waals surface area contributed by atoms with E-state index < -0.39 is 22.2 Å². The van der Waals surface area contributed by atoms with Gasteiger partial charge in [0.05, 0.1) is 24.4 Å². The second-order valence-electron chi connectivity index (χ2n) is 10.8. The standard InChI is InChI=1S/C24H38O7/c1-15-7-8-18-23(30-18,13-28-14-27-6)12-20-24(31-20)17(21(3,4)26)9-10-22(24,5)19(11-15)29-16(2)25/h17-20,26H,1,7-14H2,2-6H3/t17-,18-,19+,20-,22-,23-,24-/m0/s1. The van der Waals surface area contributed by atoms with Gasteiger partial charge in [-0.05, 0) is 39.5 Å². The molecule has 0 radical (unpaired) electrons. The van der Waals surface area contributed by atoms with E-state index in [0.717, 1.165) is 31.3 Å². The van der Waals surface area contributed by atoms with Crippen molar-refractivity contribution in [2.75, 3.05) is 20.5 Å². The van der Waals surface area contributed by atoms with E-state index in [2.05, 4.69) is 13.5 Å². The van der Waals surface area contributed by atoms with Crippen LogP contribution in [0.1, 0.15) is 66.2 Å². The number of methoxy groups -OCH3 is 1. The van der Waals surface area contributed by atoms with Crippen LogP contribution in [0.3, 0.4) is 0 Å². The summed E-state index contributed by atoms with van der Waals surface area (Å²) >= 11 is 0. The highest BCUT2D eigenvalue weighted by Crippen LogP contribution is 2.70. The summed E-state index contributed by atoms with van der Waals surface area (Å²) in [7, 11) is 1.61. The third-order valence-corrected chi connectivity index (χ3v) is 8.21. The highest BCUT2D eigenvalue weighted by atomic mass is 16.7. The van der Waals surface area contributed by atoms with E-state index in [-0.39, 0.29) is 37.0 Å². The average Bonchev–Trinajstić information content (AvgIpc) is 3.51. The molecule has 4 rings (SSSR count). The summed E-state index contributed by atoms with van der Waals surface area (Å²) in [6.07, 6.45) is 4.28. The summed E-state index contributed by atoms with van der Waals surface area (Å²) in [6, 6.07) is 0. The molecule has 31 heavy (non-hydrogen) atoms. The first-order valence-corrected chi connectivity index (χ1v) is 11.5. The molecule has 0 unspecified atom stereocenters. The molecule has 0 aromatic heterocycles. The van der Waals surface area contributed by atoms with Crippen LogP contribution in [0, 0.1) is 11.3 Å². The van der Waals surface area contributed by atoms with Gasteiger partial charge in [-0.2, -0.15) is 0 Å². The Hall–Kier alpha value is -0.990. The van der Waals surface area contributed by atoms with Gasteiger partial charge in [-0.15, -0.1) is 0 Å². The Morgan fingerprint density at radius 1 is 1.29 bits per heavy atom. The van der Waals surface area contributed by atoms with Crippen LogP contribution < -0.4 is 0 Å². The molecule has 176 valence electrons. The zero-order valence-electron chi connectivity index (χ0n) is 19.6. The summed E-state index contributed by atoms with van der Waals surface area (Å²) in [5, 5.41) is 11.1. The van der Waals surface area contributed by atoms with Gasteiger partial charge >= 0.3 is 5.97 Å². The van der Waals surface area contributed by atoms with Crippen LogP contribution in [0.25, 0.3) is 0 Å². The van der Waals surface area contributed by atoms with E-state index in [9.17, 15) is 9.90 Å². The Balaban J connectivity index is 1.69. The monoisotopic (exact) mass is 438 g/mol. The van der Waals surface area contributed by atoms with Gasteiger partial charge in [0.2, 0.25) is 0 Å². The van der Waals surface area contributed by atoms with Crippen molar-refractivity contribution in [2.45, 2.75) is 101 Å². The lowest BCUT2D eigenvalue weighted by atomic mass is 9.65.